The molecule has 22 heavy (non-hydrogen) atoms. The van der Waals surface area contributed by atoms with Crippen LogP contribution in [0.2, 0.25) is 0 Å². The first-order valence-electron chi connectivity index (χ1n) is 7.28. The molecular weight excluding hydrogens is 284 g/mol. The minimum absolute atomic E-state index is 0.0834. The second-order valence-corrected chi connectivity index (χ2v) is 5.42. The van der Waals surface area contributed by atoms with Crippen LogP contribution in [0.4, 0.5) is 0 Å². The topological polar surface area (TPSA) is 72.8 Å². The maximum absolute atomic E-state index is 12.1. The number of aliphatic carboxylic acids is 1. The Morgan fingerprint density at radius 1 is 1.41 bits per heavy atom. The zero-order chi connectivity index (χ0) is 16.1. The lowest BCUT2D eigenvalue weighted by molar-refractivity contribution is -0.139. The van der Waals surface area contributed by atoms with E-state index in [9.17, 15) is 9.59 Å². The lowest BCUT2D eigenvalue weighted by Crippen LogP contribution is -2.18. The maximum atomic E-state index is 12.1. The summed E-state index contributed by atoms with van der Waals surface area (Å²) in [6, 6.07) is 5.20. The van der Waals surface area contributed by atoms with Gasteiger partial charge in [0.1, 0.15) is 0 Å². The predicted molar refractivity (Wildman–Crippen MR) is 82.1 cm³/mol. The van der Waals surface area contributed by atoms with E-state index in [1.54, 1.807) is 18.2 Å². The number of carboxylic acids is 1. The van der Waals surface area contributed by atoms with E-state index in [0.29, 0.717) is 11.5 Å². The second kappa shape index (κ2) is 7.11. The SMILES string of the molecule is COc1cc(/C=C2\CCC[C@@H](C)C2=O)ccc1OCC(=O)O. The highest BCUT2D eigenvalue weighted by Gasteiger charge is 2.22. The molecule has 1 N–H and O–H groups in total. The van der Waals surface area contributed by atoms with E-state index < -0.39 is 12.6 Å². The van der Waals surface area contributed by atoms with Crippen LogP contribution in [-0.2, 0) is 9.59 Å². The van der Waals surface area contributed by atoms with Crippen molar-refractivity contribution in [3.8, 4) is 11.5 Å². The molecule has 118 valence electrons. The number of carbonyl (C=O) groups excluding carboxylic acids is 1. The fourth-order valence-electron chi connectivity index (χ4n) is 2.55. The minimum atomic E-state index is -1.05. The summed E-state index contributed by atoms with van der Waals surface area (Å²) in [5.74, 6) is 0.0637. The van der Waals surface area contributed by atoms with E-state index in [2.05, 4.69) is 0 Å². The number of hydrogen-bond acceptors (Lipinski definition) is 4. The Kier molecular flexibility index (Phi) is 5.20. The molecule has 0 unspecified atom stereocenters. The molecule has 1 atom stereocenters. The van der Waals surface area contributed by atoms with Crippen molar-refractivity contribution < 1.29 is 24.2 Å². The van der Waals surface area contributed by atoms with Crippen molar-refractivity contribution in [3.05, 3.63) is 29.3 Å². The lowest BCUT2D eigenvalue weighted by Gasteiger charge is -2.19. The molecule has 1 aromatic rings. The van der Waals surface area contributed by atoms with Gasteiger partial charge in [0, 0.05) is 5.92 Å². The third-order valence-corrected chi connectivity index (χ3v) is 3.73. The lowest BCUT2D eigenvalue weighted by atomic mass is 9.84. The van der Waals surface area contributed by atoms with E-state index in [-0.39, 0.29) is 11.7 Å². The number of Topliss-reactive ketones (excluding diaryl/α,β-unsaturated/α-hetero) is 1. The van der Waals surface area contributed by atoms with Gasteiger partial charge >= 0.3 is 5.97 Å². The molecule has 1 saturated carbocycles. The van der Waals surface area contributed by atoms with Gasteiger partial charge in [0.25, 0.3) is 0 Å². The van der Waals surface area contributed by atoms with Crippen molar-refractivity contribution in [2.24, 2.45) is 5.92 Å². The van der Waals surface area contributed by atoms with Gasteiger partial charge in [0.15, 0.2) is 23.9 Å². The largest absolute Gasteiger partial charge is 0.493 e. The van der Waals surface area contributed by atoms with Crippen molar-refractivity contribution in [2.45, 2.75) is 26.2 Å². The van der Waals surface area contributed by atoms with Gasteiger partial charge in [-0.3, -0.25) is 4.79 Å². The monoisotopic (exact) mass is 304 g/mol. The normalized spacial score (nSPS) is 20.0. The van der Waals surface area contributed by atoms with Crippen LogP contribution in [0.5, 0.6) is 11.5 Å². The molecule has 1 fully saturated rings. The first-order valence-corrected chi connectivity index (χ1v) is 7.28. The molecule has 1 aromatic carbocycles. The smallest absolute Gasteiger partial charge is 0.341 e. The van der Waals surface area contributed by atoms with E-state index in [1.807, 2.05) is 13.0 Å². The van der Waals surface area contributed by atoms with Crippen molar-refractivity contribution in [1.82, 2.24) is 0 Å². The van der Waals surface area contributed by atoms with E-state index in [4.69, 9.17) is 14.6 Å². The molecule has 0 heterocycles. The summed E-state index contributed by atoms with van der Waals surface area (Å²) < 4.78 is 10.4. The van der Waals surface area contributed by atoms with Crippen LogP contribution >= 0.6 is 0 Å². The van der Waals surface area contributed by atoms with Crippen LogP contribution in [0.25, 0.3) is 6.08 Å². The number of carboxylic acid groups (broad SMARTS) is 1. The number of allylic oxidation sites excluding steroid dienone is 1. The van der Waals surface area contributed by atoms with Crippen molar-refractivity contribution in [3.63, 3.8) is 0 Å². The number of hydrogen-bond donors (Lipinski definition) is 1. The van der Waals surface area contributed by atoms with Gasteiger partial charge in [0.2, 0.25) is 0 Å². The van der Waals surface area contributed by atoms with Crippen molar-refractivity contribution >= 4 is 17.8 Å². The summed E-state index contributed by atoms with van der Waals surface area (Å²) in [6.45, 7) is 1.53. The summed E-state index contributed by atoms with van der Waals surface area (Å²) in [5, 5.41) is 8.65. The van der Waals surface area contributed by atoms with Crippen LogP contribution in [-0.4, -0.2) is 30.6 Å². The fraction of sp³-hybridized carbons (Fsp3) is 0.412. The molecule has 0 aliphatic heterocycles. The Balaban J connectivity index is 2.22. The van der Waals surface area contributed by atoms with Crippen LogP contribution in [0.15, 0.2) is 23.8 Å². The van der Waals surface area contributed by atoms with E-state index in [1.165, 1.54) is 7.11 Å². The Labute approximate surface area is 129 Å². The second-order valence-electron chi connectivity index (χ2n) is 5.42. The third kappa shape index (κ3) is 3.87. The summed E-state index contributed by atoms with van der Waals surface area (Å²) >= 11 is 0. The number of ketones is 1. The number of benzene rings is 1. The first kappa shape index (κ1) is 16.1. The number of methoxy groups -OCH3 is 1. The molecule has 0 radical (unpaired) electrons. The highest BCUT2D eigenvalue weighted by Crippen LogP contribution is 2.31. The summed E-state index contributed by atoms with van der Waals surface area (Å²) in [5.41, 5.74) is 1.68. The molecule has 0 spiro atoms. The molecule has 1 aliphatic carbocycles. The predicted octanol–water partition coefficient (Wildman–Crippen LogP) is 2.93. The van der Waals surface area contributed by atoms with Gasteiger partial charge < -0.3 is 14.6 Å². The molecule has 0 bridgehead atoms. The Morgan fingerprint density at radius 3 is 2.86 bits per heavy atom. The standard InChI is InChI=1S/C17H20O5/c1-11-4-3-5-13(17(11)20)8-12-6-7-14(15(9-12)21-2)22-10-16(18)19/h6-9,11H,3-5,10H2,1-2H3,(H,18,19)/b13-8+/t11-/m1/s1. The number of rotatable bonds is 5. The Hall–Kier alpha value is -2.30. The van der Waals surface area contributed by atoms with Gasteiger partial charge in [0.05, 0.1) is 7.11 Å². The quantitative estimate of drug-likeness (QED) is 0.847. The summed E-state index contributed by atoms with van der Waals surface area (Å²) in [4.78, 5) is 22.7. The zero-order valence-electron chi connectivity index (χ0n) is 12.8. The molecule has 0 saturated heterocycles. The third-order valence-electron chi connectivity index (χ3n) is 3.73. The van der Waals surface area contributed by atoms with Crippen LogP contribution in [0.1, 0.15) is 31.7 Å². The van der Waals surface area contributed by atoms with Crippen LogP contribution in [0, 0.1) is 5.92 Å². The van der Waals surface area contributed by atoms with Crippen LogP contribution < -0.4 is 9.47 Å². The van der Waals surface area contributed by atoms with Crippen molar-refractivity contribution in [2.75, 3.05) is 13.7 Å². The van der Waals surface area contributed by atoms with E-state index >= 15 is 0 Å². The summed E-state index contributed by atoms with van der Waals surface area (Å²) in [6.07, 6.45) is 4.64. The average Bonchev–Trinajstić information content (AvgIpc) is 2.50. The molecule has 2 rings (SSSR count). The molecule has 5 nitrogen and oxygen atoms in total. The minimum Gasteiger partial charge on any atom is -0.493 e. The van der Waals surface area contributed by atoms with Gasteiger partial charge in [-0.1, -0.05) is 13.0 Å². The highest BCUT2D eigenvalue weighted by atomic mass is 16.5. The Bertz CT molecular complexity index is 603. The number of ether oxygens (including phenoxy) is 2. The average molecular weight is 304 g/mol. The fourth-order valence-corrected chi connectivity index (χ4v) is 2.55. The van der Waals surface area contributed by atoms with Gasteiger partial charge in [-0.2, -0.15) is 0 Å². The van der Waals surface area contributed by atoms with Gasteiger partial charge in [-0.25, -0.2) is 4.79 Å². The summed E-state index contributed by atoms with van der Waals surface area (Å²) in [7, 11) is 1.49. The van der Waals surface area contributed by atoms with Gasteiger partial charge in [-0.15, -0.1) is 0 Å². The first-order chi connectivity index (χ1) is 10.5. The Morgan fingerprint density at radius 2 is 2.18 bits per heavy atom. The zero-order valence-corrected chi connectivity index (χ0v) is 12.8. The van der Waals surface area contributed by atoms with Crippen LogP contribution in [0.3, 0.4) is 0 Å². The molecule has 1 aliphatic rings. The molecular formula is C17H20O5. The van der Waals surface area contributed by atoms with Crippen molar-refractivity contribution in [1.29, 1.82) is 0 Å². The molecule has 5 heteroatoms. The highest BCUT2D eigenvalue weighted by molar-refractivity contribution is 6.01. The van der Waals surface area contributed by atoms with Gasteiger partial charge in [-0.05, 0) is 48.6 Å². The molecule has 0 aromatic heterocycles. The number of carbonyl (C=O) groups is 2. The van der Waals surface area contributed by atoms with E-state index in [0.717, 1.165) is 30.4 Å². The maximum Gasteiger partial charge on any atom is 0.341 e. The molecule has 0 amide bonds.